The summed E-state index contributed by atoms with van der Waals surface area (Å²) in [6.07, 6.45) is 1.19. The van der Waals surface area contributed by atoms with Crippen LogP contribution in [0.2, 0.25) is 0 Å². The van der Waals surface area contributed by atoms with Gasteiger partial charge in [0.15, 0.2) is 28.7 Å². The zero-order valence-electron chi connectivity index (χ0n) is 15.2. The van der Waals surface area contributed by atoms with Crippen LogP contribution in [0.3, 0.4) is 0 Å². The van der Waals surface area contributed by atoms with Crippen LogP contribution in [0.25, 0.3) is 10.9 Å². The lowest BCUT2D eigenvalue weighted by molar-refractivity contribution is -0.143. The summed E-state index contributed by atoms with van der Waals surface area (Å²) in [5.74, 6) is -8.09. The first kappa shape index (κ1) is 20.4. The lowest BCUT2D eigenvalue weighted by Crippen LogP contribution is -2.28. The van der Waals surface area contributed by atoms with Crippen molar-refractivity contribution in [1.82, 2.24) is 4.68 Å². The molecule has 1 aromatic heterocycles. The van der Waals surface area contributed by atoms with Gasteiger partial charge in [-0.3, -0.25) is 14.3 Å². The second-order valence-electron chi connectivity index (χ2n) is 6.16. The van der Waals surface area contributed by atoms with Crippen molar-refractivity contribution in [2.45, 2.75) is 19.4 Å². The summed E-state index contributed by atoms with van der Waals surface area (Å²) in [6, 6.07) is 8.69. The maximum Gasteiger partial charge on any atom is 0.305 e. The lowest BCUT2D eigenvalue weighted by atomic mass is 10.1. The zero-order valence-corrected chi connectivity index (χ0v) is 15.2. The monoisotopic (exact) mass is 408 g/mol. The van der Waals surface area contributed by atoms with E-state index in [9.17, 15) is 27.2 Å². The molecular formula is C20H16F4N2O3. The smallest absolute Gasteiger partial charge is 0.305 e. The number of hydrogen-bond acceptors (Lipinski definition) is 4. The Morgan fingerprint density at radius 3 is 2.34 bits per heavy atom. The van der Waals surface area contributed by atoms with Crippen molar-refractivity contribution in [3.8, 4) is 0 Å². The van der Waals surface area contributed by atoms with Crippen LogP contribution in [0.4, 0.5) is 17.6 Å². The number of hydrogen-bond donors (Lipinski definition) is 1. The Morgan fingerprint density at radius 2 is 1.69 bits per heavy atom. The van der Waals surface area contributed by atoms with E-state index in [1.165, 1.54) is 0 Å². The van der Waals surface area contributed by atoms with Gasteiger partial charge in [0.05, 0.1) is 5.39 Å². The van der Waals surface area contributed by atoms with Gasteiger partial charge in [0, 0.05) is 18.7 Å². The summed E-state index contributed by atoms with van der Waals surface area (Å²) in [4.78, 5) is 23.5. The first-order valence-electron chi connectivity index (χ1n) is 8.69. The molecule has 1 atom stereocenters. The molecule has 29 heavy (non-hydrogen) atoms. The van der Waals surface area contributed by atoms with E-state index >= 15 is 0 Å². The molecule has 0 radical (unpaired) electrons. The number of ether oxygens (including phenoxy) is 1. The van der Waals surface area contributed by atoms with Crippen LogP contribution in [0, 0.1) is 23.3 Å². The van der Waals surface area contributed by atoms with Crippen LogP contribution >= 0.6 is 0 Å². The molecule has 152 valence electrons. The first-order chi connectivity index (χ1) is 13.8. The molecule has 9 heteroatoms. The highest BCUT2D eigenvalue weighted by molar-refractivity contribution is 5.80. The molecule has 0 bridgehead atoms. The molecule has 0 saturated heterocycles. The van der Waals surface area contributed by atoms with Crippen LogP contribution in [-0.4, -0.2) is 17.3 Å². The summed E-state index contributed by atoms with van der Waals surface area (Å²) in [6.45, 7) is 1.43. The number of esters is 1. The molecular weight excluding hydrogens is 392 g/mol. The topological polar surface area (TPSA) is 60.3 Å². The van der Waals surface area contributed by atoms with Gasteiger partial charge >= 0.3 is 5.97 Å². The van der Waals surface area contributed by atoms with Crippen LogP contribution in [0.5, 0.6) is 0 Å². The van der Waals surface area contributed by atoms with Gasteiger partial charge in [-0.1, -0.05) is 37.3 Å². The highest BCUT2D eigenvalue weighted by atomic mass is 19.2. The molecule has 2 aromatic carbocycles. The number of pyridine rings is 1. The third-order valence-electron chi connectivity index (χ3n) is 4.30. The lowest BCUT2D eigenvalue weighted by Gasteiger charge is -2.23. The van der Waals surface area contributed by atoms with Crippen LogP contribution in [0.15, 0.2) is 47.4 Å². The Hall–Kier alpha value is -3.36. The van der Waals surface area contributed by atoms with E-state index in [-0.39, 0.29) is 13.0 Å². The fraction of sp³-hybridized carbons (Fsp3) is 0.200. The highest BCUT2D eigenvalue weighted by Crippen LogP contribution is 2.25. The molecule has 0 fully saturated rings. The average molecular weight is 408 g/mol. The number of carbonyl (C=O) groups is 1. The molecule has 0 spiro atoms. The quantitative estimate of drug-likeness (QED) is 0.292. The fourth-order valence-corrected chi connectivity index (χ4v) is 2.82. The first-order valence-corrected chi connectivity index (χ1v) is 8.69. The third kappa shape index (κ3) is 3.94. The van der Waals surface area contributed by atoms with Crippen molar-refractivity contribution in [3.63, 3.8) is 0 Å². The summed E-state index contributed by atoms with van der Waals surface area (Å²) in [5.41, 5.74) is 1.58. The summed E-state index contributed by atoms with van der Waals surface area (Å²) < 4.78 is 62.0. The Morgan fingerprint density at radius 1 is 1.03 bits per heavy atom. The number of benzene rings is 2. The van der Waals surface area contributed by atoms with Crippen molar-refractivity contribution >= 4 is 16.9 Å². The zero-order chi connectivity index (χ0) is 21.1. The molecule has 0 saturated carbocycles. The van der Waals surface area contributed by atoms with Gasteiger partial charge in [0.25, 0.3) is 0 Å². The molecule has 0 aliphatic rings. The normalized spacial score (nSPS) is 12.0. The minimum atomic E-state index is -2.07. The van der Waals surface area contributed by atoms with E-state index in [1.807, 2.05) is 0 Å². The Balaban J connectivity index is 2.12. The minimum Gasteiger partial charge on any atom is -0.463 e. The Labute approximate surface area is 162 Å². The molecule has 0 amide bonds. The number of nitrogens with one attached hydrogen (secondary N) is 1. The molecule has 1 heterocycles. The highest BCUT2D eigenvalue weighted by Gasteiger charge is 2.25. The van der Waals surface area contributed by atoms with Crippen molar-refractivity contribution in [2.75, 3.05) is 12.0 Å². The number of nitrogens with zero attached hydrogens (tertiary/aromatic N) is 1. The van der Waals surface area contributed by atoms with Crippen LogP contribution in [0.1, 0.15) is 24.9 Å². The molecule has 0 aliphatic heterocycles. The van der Waals surface area contributed by atoms with E-state index in [4.69, 9.17) is 4.74 Å². The SMILES string of the molecule is CCC(=O)OC[C@H](Nn1ccc(=O)c2c(F)c(F)c(F)c(F)c21)c1ccccc1. The molecule has 3 rings (SSSR count). The molecule has 0 aliphatic carbocycles. The van der Waals surface area contributed by atoms with Gasteiger partial charge in [-0.2, -0.15) is 0 Å². The fourth-order valence-electron chi connectivity index (χ4n) is 2.82. The van der Waals surface area contributed by atoms with Gasteiger partial charge in [-0.25, -0.2) is 17.6 Å². The average Bonchev–Trinajstić information content (AvgIpc) is 2.74. The van der Waals surface area contributed by atoms with Crippen molar-refractivity contribution in [2.24, 2.45) is 0 Å². The third-order valence-corrected chi connectivity index (χ3v) is 4.30. The van der Waals surface area contributed by atoms with Crippen molar-refractivity contribution in [3.05, 3.63) is 81.7 Å². The van der Waals surface area contributed by atoms with E-state index in [0.29, 0.717) is 5.56 Å². The minimum absolute atomic E-state index is 0.132. The van der Waals surface area contributed by atoms with E-state index in [1.54, 1.807) is 37.3 Å². The molecule has 0 unspecified atom stereocenters. The van der Waals surface area contributed by atoms with Crippen LogP contribution in [-0.2, 0) is 9.53 Å². The van der Waals surface area contributed by atoms with Crippen molar-refractivity contribution in [1.29, 1.82) is 0 Å². The van der Waals surface area contributed by atoms with Gasteiger partial charge in [0.2, 0.25) is 0 Å². The van der Waals surface area contributed by atoms with Crippen LogP contribution < -0.4 is 10.9 Å². The number of halogens is 4. The van der Waals surface area contributed by atoms with E-state index < -0.39 is 51.6 Å². The molecule has 1 N–H and O–H groups in total. The van der Waals surface area contributed by atoms with Gasteiger partial charge < -0.3 is 10.2 Å². The van der Waals surface area contributed by atoms with E-state index in [0.717, 1.165) is 16.9 Å². The van der Waals surface area contributed by atoms with Gasteiger partial charge in [-0.15, -0.1) is 0 Å². The van der Waals surface area contributed by atoms with Crippen molar-refractivity contribution < 1.29 is 27.1 Å². The summed E-state index contributed by atoms with van der Waals surface area (Å²) >= 11 is 0. The maximum absolute atomic E-state index is 14.4. The Kier molecular flexibility index (Phi) is 5.86. The second-order valence-corrected chi connectivity index (χ2v) is 6.16. The number of carbonyl (C=O) groups excluding carboxylic acids is 1. The van der Waals surface area contributed by atoms with E-state index in [2.05, 4.69) is 5.43 Å². The Bertz CT molecular complexity index is 1120. The number of aromatic nitrogens is 1. The van der Waals surface area contributed by atoms with Gasteiger partial charge in [-0.05, 0) is 5.56 Å². The largest absolute Gasteiger partial charge is 0.463 e. The summed E-state index contributed by atoms with van der Waals surface area (Å²) in [7, 11) is 0. The number of fused-ring (bicyclic) bond motifs is 1. The van der Waals surface area contributed by atoms with Gasteiger partial charge in [0.1, 0.15) is 18.2 Å². The molecule has 5 nitrogen and oxygen atoms in total. The molecule has 3 aromatic rings. The standard InChI is InChI=1S/C20H16F4N2O3/c1-2-14(28)29-10-12(11-6-4-3-5-7-11)25-26-9-8-13(27)15-16(21)17(22)18(23)19(24)20(15)26/h3-9,12,25H,2,10H2,1H3/t12-/m0/s1. The number of rotatable bonds is 6. The predicted octanol–water partition coefficient (Wildman–Crippen LogP) is 3.80. The second kappa shape index (κ2) is 8.34. The summed E-state index contributed by atoms with van der Waals surface area (Å²) in [5, 5.41) is -0.936. The maximum atomic E-state index is 14.4. The predicted molar refractivity (Wildman–Crippen MR) is 97.8 cm³/mol.